The fraction of sp³-hybridized carbons (Fsp3) is 0.0526. The van der Waals surface area contributed by atoms with Crippen molar-refractivity contribution in [3.8, 4) is 11.1 Å². The van der Waals surface area contributed by atoms with Crippen LogP contribution in [0.3, 0.4) is 0 Å². The van der Waals surface area contributed by atoms with Crippen LogP contribution in [-0.2, 0) is 20.4 Å². The molecule has 22 heavy (non-hydrogen) atoms. The van der Waals surface area contributed by atoms with E-state index in [4.69, 9.17) is 0 Å². The zero-order chi connectivity index (χ0) is 13.5. The summed E-state index contributed by atoms with van der Waals surface area (Å²) >= 11 is 2.24. The van der Waals surface area contributed by atoms with Crippen LogP contribution in [0, 0.1) is 0 Å². The number of rotatable bonds is 1. The van der Waals surface area contributed by atoms with Gasteiger partial charge in [0.05, 0.1) is 0 Å². The molecule has 2 aromatic carbocycles. The molecule has 0 aliphatic heterocycles. The number of halogens is 2. The first-order valence-electron chi connectivity index (χ1n) is 6.85. The van der Waals surface area contributed by atoms with Gasteiger partial charge in [0.25, 0.3) is 0 Å². The van der Waals surface area contributed by atoms with Crippen LogP contribution < -0.4 is 3.87 Å². The van der Waals surface area contributed by atoms with Crippen molar-refractivity contribution in [3.63, 3.8) is 0 Å². The van der Waals surface area contributed by atoms with Crippen molar-refractivity contribution < 1.29 is 20.4 Å². The Bertz CT molecular complexity index is 774. The third-order valence-electron chi connectivity index (χ3n) is 4.07. The molecule has 2 aromatic rings. The van der Waals surface area contributed by atoms with E-state index in [9.17, 15) is 0 Å². The molecule has 0 aromatic heterocycles. The van der Waals surface area contributed by atoms with Crippen LogP contribution in [0.15, 0.2) is 72.3 Å². The summed E-state index contributed by atoms with van der Waals surface area (Å²) in [5, 5.41) is 0. The molecule has 2 aliphatic rings. The van der Waals surface area contributed by atoms with Crippen molar-refractivity contribution in [2.45, 2.75) is 5.92 Å². The standard InChI is InChI=1S/C19H13.2ClH.Ti/c1-2-6-14(7-3-1)15-10-11-19-17(12-15)13-16-8-4-5-9-18(16)19;;;/h1-11,13,18H;2*1H;. The number of allylic oxidation sites excluding steroid dienone is 5. The van der Waals surface area contributed by atoms with Crippen LogP contribution in [-0.4, -0.2) is 0 Å². The predicted molar refractivity (Wildman–Crippen MR) is 95.0 cm³/mol. The summed E-state index contributed by atoms with van der Waals surface area (Å²) in [4.78, 5) is 0. The Balaban J connectivity index is 0.000000882. The Hall–Kier alpha value is -1.05. The van der Waals surface area contributed by atoms with E-state index in [0.29, 0.717) is 5.92 Å². The van der Waals surface area contributed by atoms with Gasteiger partial charge in [0.2, 0.25) is 0 Å². The van der Waals surface area contributed by atoms with Crippen molar-refractivity contribution >= 4 is 34.8 Å². The van der Waals surface area contributed by atoms with Crippen molar-refractivity contribution in [1.82, 2.24) is 0 Å². The monoisotopic (exact) mass is 361 g/mol. The topological polar surface area (TPSA) is 0 Å². The molecule has 0 saturated heterocycles. The maximum atomic E-state index is 2.35. The summed E-state index contributed by atoms with van der Waals surface area (Å²) in [6, 6.07) is 15.2. The van der Waals surface area contributed by atoms with Crippen molar-refractivity contribution in [2.24, 2.45) is 0 Å². The van der Waals surface area contributed by atoms with Gasteiger partial charge in [0.15, 0.2) is 0 Å². The Labute approximate surface area is 155 Å². The van der Waals surface area contributed by atoms with Gasteiger partial charge in [-0.2, -0.15) is 0 Å². The maximum absolute atomic E-state index is 2.35. The Kier molecular flexibility index (Phi) is 5.52. The second-order valence-electron chi connectivity index (χ2n) is 5.22. The summed E-state index contributed by atoms with van der Waals surface area (Å²) in [7, 11) is 0. The second kappa shape index (κ2) is 7.02. The molecule has 0 fully saturated rings. The molecule has 0 amide bonds. The van der Waals surface area contributed by atoms with E-state index in [1.54, 1.807) is 0 Å². The van der Waals surface area contributed by atoms with Crippen LogP contribution in [0.2, 0.25) is 0 Å². The third kappa shape index (κ3) is 2.77. The zero-order valence-corrected chi connectivity index (χ0v) is 15.0. The zero-order valence-electron chi connectivity index (χ0n) is 11.8. The van der Waals surface area contributed by atoms with Gasteiger partial charge in [-0.1, -0.05) is 0 Å². The summed E-state index contributed by atoms with van der Waals surface area (Å²) in [5.74, 6) is 0.457. The minimum absolute atomic E-state index is 0. The molecule has 0 heterocycles. The Morgan fingerprint density at radius 1 is 0.864 bits per heavy atom. The first kappa shape index (κ1) is 17.3. The minimum atomic E-state index is 0. The van der Waals surface area contributed by atoms with E-state index >= 15 is 0 Å². The molecule has 109 valence electrons. The van der Waals surface area contributed by atoms with E-state index in [-0.39, 0.29) is 24.8 Å². The number of fused-ring (bicyclic) bond motifs is 3. The fourth-order valence-electron chi connectivity index (χ4n) is 3.07. The molecule has 1 unspecified atom stereocenters. The summed E-state index contributed by atoms with van der Waals surface area (Å²) in [6.45, 7) is 0. The second-order valence-corrected chi connectivity index (χ2v) is 6.00. The SMILES string of the molecule is Cl.Cl.[Ti][c]1c(-c2ccccc2)ccc2c1C=C1C=CC=CC12. The average molecular weight is 362 g/mol. The van der Waals surface area contributed by atoms with Gasteiger partial charge in [-0.15, -0.1) is 24.8 Å². The first-order valence-corrected chi connectivity index (χ1v) is 7.63. The Morgan fingerprint density at radius 3 is 2.41 bits per heavy atom. The first-order chi connectivity index (χ1) is 9.84. The molecule has 0 bridgehead atoms. The number of hydrogen-bond acceptors (Lipinski definition) is 0. The summed E-state index contributed by atoms with van der Waals surface area (Å²) in [5.41, 5.74) is 6.90. The third-order valence-corrected chi connectivity index (χ3v) is 4.91. The number of benzene rings is 2. The molecule has 0 radical (unpaired) electrons. The average Bonchev–Trinajstić information content (AvgIpc) is 2.88. The van der Waals surface area contributed by atoms with E-state index < -0.39 is 0 Å². The van der Waals surface area contributed by atoms with Crippen molar-refractivity contribution in [3.05, 3.63) is 83.5 Å². The van der Waals surface area contributed by atoms with Crippen LogP contribution in [0.1, 0.15) is 17.0 Å². The molecule has 0 N–H and O–H groups in total. The molecule has 2 aliphatic carbocycles. The summed E-state index contributed by atoms with van der Waals surface area (Å²) < 4.78 is 1.39. The van der Waals surface area contributed by atoms with Crippen LogP contribution >= 0.6 is 24.8 Å². The normalized spacial score (nSPS) is 16.9. The van der Waals surface area contributed by atoms with Gasteiger partial charge in [-0.25, -0.2) is 0 Å². The van der Waals surface area contributed by atoms with Gasteiger partial charge >= 0.3 is 131 Å². The van der Waals surface area contributed by atoms with Gasteiger partial charge in [-0.05, 0) is 0 Å². The van der Waals surface area contributed by atoms with E-state index in [1.165, 1.54) is 31.7 Å². The molecule has 3 heteroatoms. The molecule has 1 atom stereocenters. The van der Waals surface area contributed by atoms with Crippen LogP contribution in [0.25, 0.3) is 17.2 Å². The van der Waals surface area contributed by atoms with Crippen molar-refractivity contribution in [1.29, 1.82) is 0 Å². The van der Waals surface area contributed by atoms with Gasteiger partial charge < -0.3 is 0 Å². The molecule has 4 rings (SSSR count). The van der Waals surface area contributed by atoms with Gasteiger partial charge in [0.1, 0.15) is 0 Å². The number of hydrogen-bond donors (Lipinski definition) is 0. The molecule has 0 spiro atoms. The Morgan fingerprint density at radius 2 is 1.64 bits per heavy atom. The summed E-state index contributed by atoms with van der Waals surface area (Å²) in [6.07, 6.45) is 11.1. The van der Waals surface area contributed by atoms with Crippen LogP contribution in [0.5, 0.6) is 0 Å². The van der Waals surface area contributed by atoms with Gasteiger partial charge in [-0.3, -0.25) is 0 Å². The molecule has 0 nitrogen and oxygen atoms in total. The molecular formula is C19H15Cl2Ti. The fourth-order valence-corrected chi connectivity index (χ4v) is 3.76. The quantitative estimate of drug-likeness (QED) is 0.628. The van der Waals surface area contributed by atoms with E-state index in [1.807, 2.05) is 0 Å². The van der Waals surface area contributed by atoms with E-state index in [2.05, 4.69) is 93.3 Å². The van der Waals surface area contributed by atoms with Gasteiger partial charge in [0, 0.05) is 0 Å². The molecule has 0 saturated carbocycles. The van der Waals surface area contributed by atoms with Crippen LogP contribution in [0.4, 0.5) is 0 Å². The molecular weight excluding hydrogens is 347 g/mol. The van der Waals surface area contributed by atoms with Crippen molar-refractivity contribution in [2.75, 3.05) is 0 Å². The predicted octanol–water partition coefficient (Wildman–Crippen LogP) is 4.98. The van der Waals surface area contributed by atoms with E-state index in [0.717, 1.165) is 0 Å².